The van der Waals surface area contributed by atoms with Crippen LogP contribution in [0.3, 0.4) is 0 Å². The second kappa shape index (κ2) is 5.89. The Morgan fingerprint density at radius 3 is 1.87 bits per heavy atom. The van der Waals surface area contributed by atoms with E-state index in [1.165, 1.54) is 12.8 Å². The first-order valence-electron chi connectivity index (χ1n) is 5.91. The number of hydrogen-bond acceptors (Lipinski definition) is 1. The molecule has 0 heterocycles. The van der Waals surface area contributed by atoms with Gasteiger partial charge < -0.3 is 0 Å². The van der Waals surface area contributed by atoms with E-state index >= 15 is 0 Å². The monoisotopic (exact) mass is 232 g/mol. The van der Waals surface area contributed by atoms with Crippen LogP contribution < -0.4 is 0 Å². The van der Waals surface area contributed by atoms with E-state index in [2.05, 4.69) is 20.8 Å². The van der Waals surface area contributed by atoms with Crippen molar-refractivity contribution in [1.29, 1.82) is 0 Å². The van der Waals surface area contributed by atoms with Crippen LogP contribution in [-0.4, -0.2) is 5.24 Å². The van der Waals surface area contributed by atoms with Gasteiger partial charge in [-0.15, -0.1) is 0 Å². The van der Waals surface area contributed by atoms with Gasteiger partial charge in [-0.05, 0) is 36.3 Å². The smallest absolute Gasteiger partial charge is 0.227 e. The zero-order valence-corrected chi connectivity index (χ0v) is 11.6. The lowest BCUT2D eigenvalue weighted by atomic mass is 9.82. The van der Waals surface area contributed by atoms with Crippen molar-refractivity contribution in [2.75, 3.05) is 0 Å². The van der Waals surface area contributed by atoms with Crippen LogP contribution in [0.4, 0.5) is 0 Å². The highest BCUT2D eigenvalue weighted by Crippen LogP contribution is 2.32. The largest absolute Gasteiger partial charge is 0.281 e. The molecule has 15 heavy (non-hydrogen) atoms. The van der Waals surface area contributed by atoms with E-state index in [0.29, 0.717) is 5.41 Å². The summed E-state index contributed by atoms with van der Waals surface area (Å²) < 4.78 is 0. The predicted molar refractivity (Wildman–Crippen MR) is 67.2 cm³/mol. The van der Waals surface area contributed by atoms with Crippen molar-refractivity contribution in [3.05, 3.63) is 0 Å². The van der Waals surface area contributed by atoms with Crippen molar-refractivity contribution in [3.63, 3.8) is 0 Å². The van der Waals surface area contributed by atoms with E-state index in [1.54, 1.807) is 0 Å². The maximum absolute atomic E-state index is 11.3. The topological polar surface area (TPSA) is 17.1 Å². The Labute approximate surface area is 99.6 Å². The van der Waals surface area contributed by atoms with Gasteiger partial charge >= 0.3 is 0 Å². The molecule has 0 bridgehead atoms. The Bertz CT molecular complexity index is 205. The number of carbonyl (C=O) groups excluding carboxylic acids is 1. The van der Waals surface area contributed by atoms with Gasteiger partial charge in [-0.1, -0.05) is 47.5 Å². The molecule has 0 fully saturated rings. The summed E-state index contributed by atoms with van der Waals surface area (Å²) in [5.41, 5.74) is 0.0903. The summed E-state index contributed by atoms with van der Waals surface area (Å²) >= 11 is 5.62. The fraction of sp³-hybridized carbons (Fsp3) is 0.923. The third-order valence-corrected chi connectivity index (χ3v) is 3.62. The Balaban J connectivity index is 3.89. The van der Waals surface area contributed by atoms with Gasteiger partial charge in [-0.2, -0.15) is 0 Å². The maximum Gasteiger partial charge on any atom is 0.227 e. The average molecular weight is 233 g/mol. The van der Waals surface area contributed by atoms with Gasteiger partial charge in [-0.3, -0.25) is 4.79 Å². The summed E-state index contributed by atoms with van der Waals surface area (Å²) in [6, 6.07) is 0. The first kappa shape index (κ1) is 15.0. The molecule has 1 atom stereocenters. The molecule has 0 N–H and O–H groups in total. The predicted octanol–water partition coefficient (Wildman–Crippen LogP) is 4.77. The highest BCUT2D eigenvalue weighted by Gasteiger charge is 2.28. The van der Waals surface area contributed by atoms with Gasteiger partial charge in [0.2, 0.25) is 5.24 Å². The van der Waals surface area contributed by atoms with E-state index in [4.69, 9.17) is 11.6 Å². The number of rotatable bonds is 6. The summed E-state index contributed by atoms with van der Waals surface area (Å²) in [4.78, 5) is 11.3. The molecule has 0 radical (unpaired) electrons. The van der Waals surface area contributed by atoms with Crippen molar-refractivity contribution in [1.82, 2.24) is 0 Å². The van der Waals surface area contributed by atoms with Gasteiger partial charge in [0.15, 0.2) is 0 Å². The number of carbonyl (C=O) groups is 1. The van der Waals surface area contributed by atoms with Gasteiger partial charge in [-0.25, -0.2) is 0 Å². The van der Waals surface area contributed by atoms with E-state index < -0.39 is 0 Å². The molecular weight excluding hydrogens is 208 g/mol. The van der Waals surface area contributed by atoms with E-state index in [1.807, 2.05) is 13.8 Å². The van der Waals surface area contributed by atoms with Crippen LogP contribution in [0.25, 0.3) is 0 Å². The van der Waals surface area contributed by atoms with Crippen molar-refractivity contribution < 1.29 is 4.79 Å². The lowest BCUT2D eigenvalue weighted by Gasteiger charge is -2.24. The molecule has 90 valence electrons. The molecule has 0 aliphatic heterocycles. The van der Waals surface area contributed by atoms with Crippen LogP contribution in [0.1, 0.15) is 66.7 Å². The summed E-state index contributed by atoms with van der Waals surface area (Å²) in [6.07, 6.45) is 5.25. The van der Waals surface area contributed by atoms with E-state index in [0.717, 1.165) is 19.3 Å². The molecule has 0 aromatic rings. The molecule has 0 saturated carbocycles. The third kappa shape index (κ3) is 6.19. The number of hydrogen-bond donors (Lipinski definition) is 0. The summed E-state index contributed by atoms with van der Waals surface area (Å²) in [6.45, 7) is 10.7. The van der Waals surface area contributed by atoms with Gasteiger partial charge in [0.05, 0.1) is 0 Å². The van der Waals surface area contributed by atoms with Gasteiger partial charge in [0.25, 0.3) is 0 Å². The number of unbranched alkanes of at least 4 members (excludes halogenated alkanes) is 1. The van der Waals surface area contributed by atoms with Gasteiger partial charge in [0.1, 0.15) is 0 Å². The fourth-order valence-electron chi connectivity index (χ4n) is 1.58. The van der Waals surface area contributed by atoms with E-state index in [9.17, 15) is 4.79 Å². The van der Waals surface area contributed by atoms with Crippen molar-refractivity contribution in [2.45, 2.75) is 66.7 Å². The molecule has 0 spiro atoms. The molecule has 0 aromatic heterocycles. The quantitative estimate of drug-likeness (QED) is 0.476. The second-order valence-electron chi connectivity index (χ2n) is 5.96. The van der Waals surface area contributed by atoms with E-state index in [-0.39, 0.29) is 10.7 Å². The fourth-order valence-corrected chi connectivity index (χ4v) is 1.81. The molecule has 0 rings (SSSR count). The molecule has 0 aliphatic carbocycles. The zero-order valence-electron chi connectivity index (χ0n) is 10.8. The minimum Gasteiger partial charge on any atom is -0.281 e. The highest BCUT2D eigenvalue weighted by atomic mass is 35.5. The highest BCUT2D eigenvalue weighted by molar-refractivity contribution is 6.64. The summed E-state index contributed by atoms with van der Waals surface area (Å²) in [7, 11) is 0. The van der Waals surface area contributed by atoms with Crippen LogP contribution in [0.2, 0.25) is 0 Å². The zero-order chi connectivity index (χ0) is 12.1. The van der Waals surface area contributed by atoms with Crippen LogP contribution in [0, 0.1) is 10.8 Å². The Morgan fingerprint density at radius 1 is 1.07 bits per heavy atom. The minimum absolute atomic E-state index is 0.180. The van der Waals surface area contributed by atoms with Crippen LogP contribution in [-0.2, 0) is 4.79 Å². The van der Waals surface area contributed by atoms with Crippen LogP contribution >= 0.6 is 11.6 Å². The molecule has 0 saturated heterocycles. The molecule has 1 nitrogen and oxygen atoms in total. The molecule has 1 unspecified atom stereocenters. The molecule has 0 amide bonds. The first-order valence-corrected chi connectivity index (χ1v) is 6.29. The Morgan fingerprint density at radius 2 is 1.53 bits per heavy atom. The molecular formula is C13H25ClO. The lowest BCUT2D eigenvalue weighted by molar-refractivity contribution is -0.120. The minimum atomic E-state index is -0.306. The third-order valence-electron chi connectivity index (χ3n) is 3.16. The van der Waals surface area contributed by atoms with Crippen molar-refractivity contribution in [3.8, 4) is 0 Å². The second-order valence-corrected chi connectivity index (χ2v) is 6.30. The first-order chi connectivity index (χ1) is 6.71. The van der Waals surface area contributed by atoms with Crippen molar-refractivity contribution in [2.24, 2.45) is 10.8 Å². The summed E-state index contributed by atoms with van der Waals surface area (Å²) in [5, 5.41) is -0.180. The average Bonchev–Trinajstić information content (AvgIpc) is 2.10. The summed E-state index contributed by atoms with van der Waals surface area (Å²) in [5.74, 6) is 0. The Hall–Kier alpha value is -0.0400. The Kier molecular flexibility index (Phi) is 5.87. The maximum atomic E-state index is 11.3. The van der Waals surface area contributed by atoms with Crippen LogP contribution in [0.15, 0.2) is 0 Å². The SMILES string of the molecule is CCC(C)(CCCCC(C)(C)C)C(=O)Cl. The van der Waals surface area contributed by atoms with Crippen LogP contribution in [0.5, 0.6) is 0 Å². The van der Waals surface area contributed by atoms with Crippen molar-refractivity contribution >= 4 is 16.8 Å². The molecule has 2 heteroatoms. The molecule has 0 aromatic carbocycles. The number of halogens is 1. The van der Waals surface area contributed by atoms with Gasteiger partial charge in [0, 0.05) is 5.41 Å². The lowest BCUT2D eigenvalue weighted by Crippen LogP contribution is -2.22. The molecule has 0 aliphatic rings. The standard InChI is InChI=1S/C13H25ClO/c1-6-13(5,11(14)15)10-8-7-9-12(2,3)4/h6-10H2,1-5H3. The normalized spacial score (nSPS) is 16.1.